The van der Waals surface area contributed by atoms with Crippen molar-refractivity contribution in [3.05, 3.63) is 29.8 Å². The minimum Gasteiger partial charge on any atom is -0.466 e. The molecule has 1 aromatic rings. The van der Waals surface area contributed by atoms with Crippen LogP contribution in [0.3, 0.4) is 0 Å². The summed E-state index contributed by atoms with van der Waals surface area (Å²) in [5, 5.41) is 9.85. The Morgan fingerprint density at radius 1 is 1.29 bits per heavy atom. The van der Waals surface area contributed by atoms with E-state index in [-0.39, 0.29) is 18.6 Å². The summed E-state index contributed by atoms with van der Waals surface area (Å²) in [6, 6.07) is 4.87. The first kappa shape index (κ1) is 17.3. The van der Waals surface area contributed by atoms with Gasteiger partial charge in [-0.25, -0.2) is 0 Å². The molecule has 1 unspecified atom stereocenters. The van der Waals surface area contributed by atoms with Crippen LogP contribution in [0.2, 0.25) is 0 Å². The number of benzene rings is 1. The first-order valence-corrected chi connectivity index (χ1v) is 6.51. The normalized spacial score (nSPS) is 12.8. The van der Waals surface area contributed by atoms with E-state index in [1.165, 1.54) is 12.1 Å². The lowest BCUT2D eigenvalue weighted by atomic mass is 10.0. The summed E-state index contributed by atoms with van der Waals surface area (Å²) in [5.74, 6) is -0.770. The van der Waals surface area contributed by atoms with Gasteiger partial charge in [0.25, 0.3) is 0 Å². The Labute approximate surface area is 120 Å². The molecule has 0 aliphatic heterocycles. The van der Waals surface area contributed by atoms with Crippen LogP contribution in [0.4, 0.5) is 13.2 Å². The van der Waals surface area contributed by atoms with E-state index in [9.17, 15) is 23.1 Å². The average molecular weight is 306 g/mol. The van der Waals surface area contributed by atoms with Crippen LogP contribution in [0, 0.1) is 0 Å². The van der Waals surface area contributed by atoms with Crippen LogP contribution in [0.25, 0.3) is 0 Å². The zero-order valence-corrected chi connectivity index (χ0v) is 11.5. The van der Waals surface area contributed by atoms with E-state index in [0.717, 1.165) is 18.6 Å². The van der Waals surface area contributed by atoms with Crippen LogP contribution in [0.1, 0.15) is 37.9 Å². The van der Waals surface area contributed by atoms with Crippen molar-refractivity contribution in [2.45, 2.75) is 38.7 Å². The molecule has 0 spiro atoms. The maximum Gasteiger partial charge on any atom is 0.573 e. The topological polar surface area (TPSA) is 55.8 Å². The third-order valence-electron chi connectivity index (χ3n) is 2.59. The maximum absolute atomic E-state index is 12.0. The van der Waals surface area contributed by atoms with Crippen molar-refractivity contribution in [1.82, 2.24) is 0 Å². The lowest BCUT2D eigenvalue weighted by Gasteiger charge is -2.12. The van der Waals surface area contributed by atoms with Crippen LogP contribution in [0.15, 0.2) is 24.3 Å². The smallest absolute Gasteiger partial charge is 0.466 e. The number of aliphatic hydroxyl groups is 1. The fourth-order valence-electron chi connectivity index (χ4n) is 1.60. The predicted molar refractivity (Wildman–Crippen MR) is 68.6 cm³/mol. The highest BCUT2D eigenvalue weighted by Crippen LogP contribution is 2.25. The highest BCUT2D eigenvalue weighted by molar-refractivity contribution is 5.69. The minimum atomic E-state index is -4.75. The van der Waals surface area contributed by atoms with E-state index < -0.39 is 18.4 Å². The Balaban J connectivity index is 2.47. The molecule has 0 saturated carbocycles. The molecule has 1 atom stereocenters. The standard InChI is InChI=1S/C14H17F3O4/c1-2-9-20-13(19)8-7-12(18)10-3-5-11(6-4-10)21-14(15,16)17/h3-6,12,18H,2,7-9H2,1H3. The Kier molecular flexibility index (Phi) is 6.48. The monoisotopic (exact) mass is 306 g/mol. The molecule has 0 aliphatic carbocycles. The van der Waals surface area contributed by atoms with E-state index >= 15 is 0 Å². The van der Waals surface area contributed by atoms with Crippen molar-refractivity contribution in [3.63, 3.8) is 0 Å². The molecule has 0 fully saturated rings. The molecule has 21 heavy (non-hydrogen) atoms. The summed E-state index contributed by atoms with van der Waals surface area (Å²) in [6.45, 7) is 2.20. The summed E-state index contributed by atoms with van der Waals surface area (Å²) in [4.78, 5) is 11.3. The summed E-state index contributed by atoms with van der Waals surface area (Å²) in [7, 11) is 0. The molecule has 0 heterocycles. The Morgan fingerprint density at radius 2 is 1.90 bits per heavy atom. The van der Waals surface area contributed by atoms with Crippen molar-refractivity contribution >= 4 is 5.97 Å². The van der Waals surface area contributed by atoms with E-state index in [2.05, 4.69) is 4.74 Å². The third kappa shape index (κ3) is 6.99. The first-order valence-electron chi connectivity index (χ1n) is 6.51. The van der Waals surface area contributed by atoms with Gasteiger partial charge in [0.15, 0.2) is 0 Å². The van der Waals surface area contributed by atoms with Gasteiger partial charge in [-0.05, 0) is 30.5 Å². The lowest BCUT2D eigenvalue weighted by Crippen LogP contribution is -2.17. The highest BCUT2D eigenvalue weighted by Gasteiger charge is 2.31. The summed E-state index contributed by atoms with van der Waals surface area (Å²) >= 11 is 0. The quantitative estimate of drug-likeness (QED) is 0.785. The van der Waals surface area contributed by atoms with Crippen LogP contribution in [-0.4, -0.2) is 24.0 Å². The zero-order valence-electron chi connectivity index (χ0n) is 11.5. The predicted octanol–water partition coefficient (Wildman–Crippen LogP) is 3.35. The van der Waals surface area contributed by atoms with Crippen LogP contribution in [0.5, 0.6) is 5.75 Å². The van der Waals surface area contributed by atoms with Crippen molar-refractivity contribution in [2.75, 3.05) is 6.61 Å². The summed E-state index contributed by atoms with van der Waals surface area (Å²) < 4.78 is 44.5. The van der Waals surface area contributed by atoms with Gasteiger partial charge in [-0.2, -0.15) is 0 Å². The van der Waals surface area contributed by atoms with E-state index in [0.29, 0.717) is 12.2 Å². The van der Waals surface area contributed by atoms with Gasteiger partial charge in [0.2, 0.25) is 0 Å². The second kappa shape index (κ2) is 7.87. The molecule has 7 heteroatoms. The van der Waals surface area contributed by atoms with Crippen LogP contribution >= 0.6 is 0 Å². The highest BCUT2D eigenvalue weighted by atomic mass is 19.4. The molecule has 1 aromatic carbocycles. The van der Waals surface area contributed by atoms with Crippen molar-refractivity contribution in [3.8, 4) is 5.75 Å². The molecule has 1 N–H and O–H groups in total. The SMILES string of the molecule is CCCOC(=O)CCC(O)c1ccc(OC(F)(F)F)cc1. The molecule has 0 aromatic heterocycles. The molecule has 0 amide bonds. The molecular weight excluding hydrogens is 289 g/mol. The maximum atomic E-state index is 12.0. The van der Waals surface area contributed by atoms with Gasteiger partial charge < -0.3 is 14.6 Å². The number of hydrogen-bond acceptors (Lipinski definition) is 4. The molecule has 4 nitrogen and oxygen atoms in total. The second-order valence-electron chi connectivity index (χ2n) is 4.39. The first-order chi connectivity index (χ1) is 9.81. The molecule has 0 bridgehead atoms. The number of halogens is 3. The Morgan fingerprint density at radius 3 is 2.43 bits per heavy atom. The molecular formula is C14H17F3O4. The van der Waals surface area contributed by atoms with Crippen LogP contribution < -0.4 is 4.74 Å². The number of rotatable bonds is 7. The number of esters is 1. The largest absolute Gasteiger partial charge is 0.573 e. The fraction of sp³-hybridized carbons (Fsp3) is 0.500. The Hall–Kier alpha value is -1.76. The number of carbonyl (C=O) groups is 1. The zero-order chi connectivity index (χ0) is 15.9. The number of alkyl halides is 3. The van der Waals surface area contributed by atoms with Gasteiger partial charge in [-0.3, -0.25) is 4.79 Å². The molecule has 118 valence electrons. The van der Waals surface area contributed by atoms with E-state index in [1.54, 1.807) is 0 Å². The molecule has 0 saturated heterocycles. The van der Waals surface area contributed by atoms with Gasteiger partial charge >= 0.3 is 12.3 Å². The number of carbonyl (C=O) groups excluding carboxylic acids is 1. The molecule has 0 radical (unpaired) electrons. The van der Waals surface area contributed by atoms with Gasteiger partial charge in [0.05, 0.1) is 12.7 Å². The number of aliphatic hydroxyl groups excluding tert-OH is 1. The van der Waals surface area contributed by atoms with Gasteiger partial charge in [0.1, 0.15) is 5.75 Å². The van der Waals surface area contributed by atoms with Gasteiger partial charge in [-0.1, -0.05) is 19.1 Å². The molecule has 0 aliphatic rings. The van der Waals surface area contributed by atoms with Crippen molar-refractivity contribution in [1.29, 1.82) is 0 Å². The fourth-order valence-corrected chi connectivity index (χ4v) is 1.60. The third-order valence-corrected chi connectivity index (χ3v) is 2.59. The summed E-state index contributed by atoms with van der Waals surface area (Å²) in [6.07, 6.45) is -4.79. The van der Waals surface area contributed by atoms with Gasteiger partial charge in [0, 0.05) is 6.42 Å². The van der Waals surface area contributed by atoms with Crippen molar-refractivity contribution < 1.29 is 32.5 Å². The van der Waals surface area contributed by atoms with Crippen molar-refractivity contribution in [2.24, 2.45) is 0 Å². The summed E-state index contributed by atoms with van der Waals surface area (Å²) in [5.41, 5.74) is 0.410. The Bertz CT molecular complexity index is 443. The lowest BCUT2D eigenvalue weighted by molar-refractivity contribution is -0.274. The molecule has 1 rings (SSSR count). The average Bonchev–Trinajstić information content (AvgIpc) is 2.41. The number of hydrogen-bond donors (Lipinski definition) is 1. The van der Waals surface area contributed by atoms with E-state index in [4.69, 9.17) is 4.74 Å². The van der Waals surface area contributed by atoms with Gasteiger partial charge in [-0.15, -0.1) is 13.2 Å². The number of ether oxygens (including phenoxy) is 2. The minimum absolute atomic E-state index is 0.0436. The van der Waals surface area contributed by atoms with Crippen LogP contribution in [-0.2, 0) is 9.53 Å². The van der Waals surface area contributed by atoms with E-state index in [1.807, 2.05) is 6.92 Å². The second-order valence-corrected chi connectivity index (χ2v) is 4.39.